The highest BCUT2D eigenvalue weighted by molar-refractivity contribution is 5.95. The van der Waals surface area contributed by atoms with Gasteiger partial charge in [-0.15, -0.1) is 0 Å². The Morgan fingerprint density at radius 2 is 1.68 bits per heavy atom. The van der Waals surface area contributed by atoms with Crippen LogP contribution in [0.25, 0.3) is 0 Å². The summed E-state index contributed by atoms with van der Waals surface area (Å²) in [5, 5.41) is 4.36. The standard InChI is InChI=1S/C29H31F6N5O/c1-18-7-6-10-23(30)26(18)37-13-11-21(12-14-37)40-19(2)25-24(16-38(36-25)17-28(3,31)32)39(27(40)41)15-20-8-4-5-9-22(20)29(33,34)35/h4-10,16,19,21H,11-15,17H2,1-3H3. The van der Waals surface area contributed by atoms with Crippen LogP contribution in [0.4, 0.5) is 42.5 Å². The summed E-state index contributed by atoms with van der Waals surface area (Å²) in [5.41, 5.74) is 0.858. The lowest BCUT2D eigenvalue weighted by atomic mass is 9.97. The maximum atomic E-state index is 14.6. The maximum absolute atomic E-state index is 14.6. The average molecular weight is 580 g/mol. The largest absolute Gasteiger partial charge is 0.416 e. The molecule has 1 fully saturated rings. The molecule has 5 rings (SSSR count). The Hall–Kier alpha value is -3.70. The predicted octanol–water partition coefficient (Wildman–Crippen LogP) is 7.18. The molecule has 0 aliphatic carbocycles. The number of anilines is 2. The van der Waals surface area contributed by atoms with Crippen LogP contribution in [0.3, 0.4) is 0 Å². The molecule has 1 aromatic heterocycles. The Balaban J connectivity index is 1.47. The number of piperidine rings is 1. The molecule has 0 spiro atoms. The first-order chi connectivity index (χ1) is 19.2. The van der Waals surface area contributed by atoms with Gasteiger partial charge >= 0.3 is 12.2 Å². The lowest BCUT2D eigenvalue weighted by Crippen LogP contribution is -2.55. The summed E-state index contributed by atoms with van der Waals surface area (Å²) in [6.45, 7) is 4.09. The number of hydrogen-bond acceptors (Lipinski definition) is 3. The van der Waals surface area contributed by atoms with Gasteiger partial charge in [-0.05, 0) is 49.9 Å². The van der Waals surface area contributed by atoms with Gasteiger partial charge in [0.1, 0.15) is 18.1 Å². The van der Waals surface area contributed by atoms with E-state index in [4.69, 9.17) is 0 Å². The first-order valence-corrected chi connectivity index (χ1v) is 13.4. The Morgan fingerprint density at radius 3 is 2.32 bits per heavy atom. The second-order valence-corrected chi connectivity index (χ2v) is 10.9. The fourth-order valence-corrected chi connectivity index (χ4v) is 5.96. The fraction of sp³-hybridized carbons (Fsp3) is 0.448. The number of alkyl halides is 5. The van der Waals surface area contributed by atoms with E-state index in [1.165, 1.54) is 35.4 Å². The molecule has 1 atom stereocenters. The molecule has 0 saturated carbocycles. The van der Waals surface area contributed by atoms with Gasteiger partial charge in [0.2, 0.25) is 0 Å². The lowest BCUT2D eigenvalue weighted by molar-refractivity contribution is -0.138. The Morgan fingerprint density at radius 1 is 1.00 bits per heavy atom. The van der Waals surface area contributed by atoms with Gasteiger partial charge in [-0.1, -0.05) is 30.3 Å². The summed E-state index contributed by atoms with van der Waals surface area (Å²) in [6.07, 6.45) is -2.37. The van der Waals surface area contributed by atoms with Crippen molar-refractivity contribution in [3.8, 4) is 0 Å². The van der Waals surface area contributed by atoms with Crippen molar-refractivity contribution in [1.82, 2.24) is 14.7 Å². The van der Waals surface area contributed by atoms with Crippen LogP contribution < -0.4 is 9.80 Å². The number of para-hydroxylation sites is 1. The summed E-state index contributed by atoms with van der Waals surface area (Å²) in [5.74, 6) is -3.42. The van der Waals surface area contributed by atoms with Crippen molar-refractivity contribution < 1.29 is 31.1 Å². The highest BCUT2D eigenvalue weighted by Gasteiger charge is 2.44. The molecule has 6 nitrogen and oxygen atoms in total. The van der Waals surface area contributed by atoms with Crippen molar-refractivity contribution >= 4 is 17.4 Å². The molecule has 1 unspecified atom stereocenters. The molecule has 0 N–H and O–H groups in total. The highest BCUT2D eigenvalue weighted by Crippen LogP contribution is 2.41. The van der Waals surface area contributed by atoms with E-state index >= 15 is 0 Å². The van der Waals surface area contributed by atoms with Crippen LogP contribution in [-0.4, -0.2) is 45.8 Å². The fourth-order valence-electron chi connectivity index (χ4n) is 5.96. The number of benzene rings is 2. The van der Waals surface area contributed by atoms with Crippen molar-refractivity contribution in [3.63, 3.8) is 0 Å². The van der Waals surface area contributed by atoms with Gasteiger partial charge in [0.25, 0.3) is 5.92 Å². The summed E-state index contributed by atoms with van der Waals surface area (Å²) < 4.78 is 84.8. The minimum atomic E-state index is -4.64. The Kier molecular flexibility index (Phi) is 7.46. The molecular formula is C29H31F6N5O. The molecule has 12 heteroatoms. The zero-order valence-corrected chi connectivity index (χ0v) is 22.9. The topological polar surface area (TPSA) is 44.6 Å². The highest BCUT2D eigenvalue weighted by atomic mass is 19.4. The van der Waals surface area contributed by atoms with E-state index in [9.17, 15) is 31.1 Å². The first-order valence-electron chi connectivity index (χ1n) is 13.4. The van der Waals surface area contributed by atoms with Crippen molar-refractivity contribution in [1.29, 1.82) is 0 Å². The molecule has 2 aromatic carbocycles. The van der Waals surface area contributed by atoms with Crippen LogP contribution in [0, 0.1) is 12.7 Å². The molecule has 3 heterocycles. The Labute approximate surface area is 234 Å². The lowest BCUT2D eigenvalue weighted by Gasteiger charge is -2.46. The van der Waals surface area contributed by atoms with E-state index in [2.05, 4.69) is 5.10 Å². The van der Waals surface area contributed by atoms with Crippen LogP contribution in [0.1, 0.15) is 55.1 Å². The summed E-state index contributed by atoms with van der Waals surface area (Å²) >= 11 is 0. The molecule has 2 amide bonds. The number of halogens is 6. The third kappa shape index (κ3) is 5.73. The molecular weight excluding hydrogens is 548 g/mol. The van der Waals surface area contributed by atoms with Crippen LogP contribution >= 0.6 is 0 Å². The SMILES string of the molecule is Cc1cccc(F)c1N1CCC(N2C(=O)N(Cc3ccccc3C(F)(F)F)c3cn(CC(C)(F)F)nc3C2C)CC1. The van der Waals surface area contributed by atoms with Gasteiger partial charge in [0.05, 0.1) is 29.5 Å². The zero-order valence-electron chi connectivity index (χ0n) is 22.9. The number of rotatable bonds is 6. The van der Waals surface area contributed by atoms with Crippen LogP contribution in [0.2, 0.25) is 0 Å². The molecule has 2 aliphatic heterocycles. The summed E-state index contributed by atoms with van der Waals surface area (Å²) in [6, 6.07) is 8.42. The van der Waals surface area contributed by atoms with Gasteiger partial charge in [-0.25, -0.2) is 18.0 Å². The van der Waals surface area contributed by atoms with E-state index in [1.54, 1.807) is 17.9 Å². The Bertz CT molecular complexity index is 1400. The third-order valence-corrected chi connectivity index (χ3v) is 7.78. The first kappa shape index (κ1) is 28.8. The predicted molar refractivity (Wildman–Crippen MR) is 142 cm³/mol. The van der Waals surface area contributed by atoms with Gasteiger partial charge in [0, 0.05) is 32.3 Å². The van der Waals surface area contributed by atoms with Gasteiger partial charge in [-0.2, -0.15) is 18.3 Å². The number of aromatic nitrogens is 2. The zero-order chi connectivity index (χ0) is 29.7. The maximum Gasteiger partial charge on any atom is 0.416 e. The van der Waals surface area contributed by atoms with Crippen LogP contribution in [0.15, 0.2) is 48.7 Å². The second-order valence-electron chi connectivity index (χ2n) is 10.9. The minimum Gasteiger partial charge on any atom is -0.369 e. The van der Waals surface area contributed by atoms with Crippen molar-refractivity contribution in [2.24, 2.45) is 0 Å². The molecule has 41 heavy (non-hydrogen) atoms. The summed E-state index contributed by atoms with van der Waals surface area (Å²) in [7, 11) is 0. The number of carbonyl (C=O) groups is 1. The smallest absolute Gasteiger partial charge is 0.369 e. The van der Waals surface area contributed by atoms with E-state index in [1.807, 2.05) is 17.9 Å². The number of amides is 2. The van der Waals surface area contributed by atoms with E-state index < -0.39 is 42.8 Å². The van der Waals surface area contributed by atoms with Crippen LogP contribution in [-0.2, 0) is 19.3 Å². The second kappa shape index (κ2) is 10.6. The van der Waals surface area contributed by atoms with Crippen molar-refractivity contribution in [3.05, 3.63) is 76.9 Å². The monoisotopic (exact) mass is 579 g/mol. The number of aryl methyl sites for hydroxylation is 1. The van der Waals surface area contributed by atoms with Crippen molar-refractivity contribution in [2.45, 2.75) is 70.9 Å². The average Bonchev–Trinajstić information content (AvgIpc) is 3.29. The van der Waals surface area contributed by atoms with E-state index in [0.717, 1.165) is 23.2 Å². The number of urea groups is 1. The van der Waals surface area contributed by atoms with Gasteiger partial charge in [0.15, 0.2) is 0 Å². The molecule has 2 aliphatic rings. The number of fused-ring (bicyclic) bond motifs is 1. The third-order valence-electron chi connectivity index (χ3n) is 7.78. The normalized spacial score (nSPS) is 18.7. The number of nitrogens with zero attached hydrogens (tertiary/aromatic N) is 5. The molecule has 0 bridgehead atoms. The summed E-state index contributed by atoms with van der Waals surface area (Å²) in [4.78, 5) is 18.7. The molecule has 220 valence electrons. The van der Waals surface area contributed by atoms with Gasteiger partial charge in [-0.3, -0.25) is 9.58 Å². The number of hydrogen-bond donors (Lipinski definition) is 0. The number of carbonyl (C=O) groups excluding carboxylic acids is 1. The minimum absolute atomic E-state index is 0.118. The van der Waals surface area contributed by atoms with Crippen LogP contribution in [0.5, 0.6) is 0 Å². The van der Waals surface area contributed by atoms with E-state index in [-0.39, 0.29) is 23.1 Å². The van der Waals surface area contributed by atoms with Gasteiger partial charge < -0.3 is 9.80 Å². The molecule has 0 radical (unpaired) electrons. The van der Waals surface area contributed by atoms with E-state index in [0.29, 0.717) is 37.3 Å². The molecule has 3 aromatic rings. The van der Waals surface area contributed by atoms with Crippen molar-refractivity contribution in [2.75, 3.05) is 22.9 Å². The quantitative estimate of drug-likeness (QED) is 0.291. The molecule has 1 saturated heterocycles.